The molecule has 0 saturated heterocycles. The monoisotopic (exact) mass is 409 g/mol. The fourth-order valence-electron chi connectivity index (χ4n) is 2.06. The van der Waals surface area contributed by atoms with E-state index in [1.807, 2.05) is 31.2 Å². The second-order valence-corrected chi connectivity index (χ2v) is 7.29. The summed E-state index contributed by atoms with van der Waals surface area (Å²) in [7, 11) is 0. The Labute approximate surface area is 162 Å². The number of nitrogens with one attached hydrogen (secondary N) is 1. The van der Waals surface area contributed by atoms with E-state index in [4.69, 9.17) is 23.2 Å². The summed E-state index contributed by atoms with van der Waals surface area (Å²) in [5, 5.41) is 15.1. The van der Waals surface area contributed by atoms with Crippen LogP contribution >= 0.6 is 34.5 Å². The van der Waals surface area contributed by atoms with Crippen LogP contribution in [0.1, 0.15) is 25.9 Å². The Morgan fingerprint density at radius 2 is 1.96 bits per heavy atom. The summed E-state index contributed by atoms with van der Waals surface area (Å²) in [6, 6.07) is 7.85. The average molecular weight is 410 g/mol. The van der Waals surface area contributed by atoms with Gasteiger partial charge in [0.1, 0.15) is 10.0 Å². The Bertz CT molecular complexity index is 1000. The molecule has 0 aliphatic heterocycles. The van der Waals surface area contributed by atoms with Crippen LogP contribution in [0.4, 0.5) is 0 Å². The van der Waals surface area contributed by atoms with Gasteiger partial charge in [0.05, 0.1) is 17.8 Å². The van der Waals surface area contributed by atoms with Crippen LogP contribution in [0.25, 0.3) is 0 Å². The normalized spacial score (nSPS) is 10.7. The Morgan fingerprint density at radius 1 is 1.23 bits per heavy atom. The maximum atomic E-state index is 12.2. The van der Waals surface area contributed by atoms with E-state index in [0.717, 1.165) is 27.1 Å². The molecule has 1 aromatic carbocycles. The van der Waals surface area contributed by atoms with Crippen LogP contribution in [0.5, 0.6) is 0 Å². The van der Waals surface area contributed by atoms with Gasteiger partial charge in [0.2, 0.25) is 5.01 Å². The molecule has 3 rings (SSSR count). The molecule has 0 bridgehead atoms. The summed E-state index contributed by atoms with van der Waals surface area (Å²) in [6.45, 7) is 2.44. The fourth-order valence-corrected chi connectivity index (χ4v) is 3.07. The fraction of sp³-hybridized carbons (Fsp3) is 0.188. The summed E-state index contributed by atoms with van der Waals surface area (Å²) in [4.78, 5) is 24.2. The lowest BCUT2D eigenvalue weighted by molar-refractivity contribution is 0.0950. The van der Waals surface area contributed by atoms with Crippen molar-refractivity contribution in [2.75, 3.05) is 0 Å². The minimum absolute atomic E-state index is 0.0542. The van der Waals surface area contributed by atoms with E-state index in [9.17, 15) is 9.59 Å². The van der Waals surface area contributed by atoms with Gasteiger partial charge in [-0.1, -0.05) is 64.4 Å². The maximum absolute atomic E-state index is 12.2. The Hall–Kier alpha value is -2.29. The smallest absolute Gasteiger partial charge is 0.287 e. The molecule has 2 aromatic heterocycles. The number of aromatic nitrogens is 4. The lowest BCUT2D eigenvalue weighted by Crippen LogP contribution is -2.23. The second kappa shape index (κ2) is 7.94. The predicted octanol–water partition coefficient (Wildman–Crippen LogP) is 2.69. The van der Waals surface area contributed by atoms with Gasteiger partial charge >= 0.3 is 0 Å². The highest BCUT2D eigenvalue weighted by molar-refractivity contribution is 7.13. The molecular formula is C16H13Cl2N5O2S. The number of benzene rings is 1. The molecule has 7 nitrogen and oxygen atoms in total. The van der Waals surface area contributed by atoms with Gasteiger partial charge in [-0.3, -0.25) is 9.59 Å². The summed E-state index contributed by atoms with van der Waals surface area (Å²) in [5.41, 5.74) is 1.61. The summed E-state index contributed by atoms with van der Waals surface area (Å²) < 4.78 is 1.11. The predicted molar refractivity (Wildman–Crippen MR) is 99.9 cm³/mol. The van der Waals surface area contributed by atoms with Crippen molar-refractivity contribution in [3.8, 4) is 0 Å². The number of aryl methyl sites for hydroxylation is 1. The minimum atomic E-state index is -0.528. The van der Waals surface area contributed by atoms with E-state index in [1.54, 1.807) is 0 Å². The van der Waals surface area contributed by atoms with Gasteiger partial charge < -0.3 is 5.32 Å². The Morgan fingerprint density at radius 3 is 2.69 bits per heavy atom. The third-order valence-corrected chi connectivity index (χ3v) is 5.12. The van der Waals surface area contributed by atoms with Gasteiger partial charge in [-0.15, -0.1) is 10.2 Å². The quantitative estimate of drug-likeness (QED) is 0.699. The average Bonchev–Trinajstić information content (AvgIpc) is 3.10. The van der Waals surface area contributed by atoms with Crippen LogP contribution < -0.4 is 10.9 Å². The number of hydrogen-bond donors (Lipinski definition) is 1. The van der Waals surface area contributed by atoms with E-state index in [0.29, 0.717) is 11.6 Å². The van der Waals surface area contributed by atoms with Crippen LogP contribution in [-0.4, -0.2) is 25.9 Å². The Balaban J connectivity index is 1.65. The summed E-state index contributed by atoms with van der Waals surface area (Å²) in [5.74, 6) is -0.330. The van der Waals surface area contributed by atoms with Gasteiger partial charge in [0.25, 0.3) is 11.5 Å². The molecule has 2 heterocycles. The molecule has 0 atom stereocenters. The lowest BCUT2D eigenvalue weighted by Gasteiger charge is -2.03. The van der Waals surface area contributed by atoms with Crippen molar-refractivity contribution in [2.24, 2.45) is 0 Å². The third kappa shape index (κ3) is 4.27. The standard InChI is InChI=1S/C16H13Cl2N5O2S/c1-9-2-4-10(5-3-9)6-19-14(24)15-22-21-12(26-15)8-23-16(25)13(18)11(17)7-20-23/h2-5,7H,6,8H2,1H3,(H,19,24). The minimum Gasteiger partial charge on any atom is -0.346 e. The highest BCUT2D eigenvalue weighted by atomic mass is 35.5. The molecule has 0 fully saturated rings. The molecule has 134 valence electrons. The van der Waals surface area contributed by atoms with Crippen LogP contribution in [-0.2, 0) is 13.1 Å². The van der Waals surface area contributed by atoms with Gasteiger partial charge in [-0.2, -0.15) is 5.10 Å². The zero-order chi connectivity index (χ0) is 18.7. The molecule has 1 N–H and O–H groups in total. The van der Waals surface area contributed by atoms with Crippen molar-refractivity contribution >= 4 is 40.4 Å². The SMILES string of the molecule is Cc1ccc(CNC(=O)c2nnc(Cn3ncc(Cl)c(Cl)c3=O)s2)cc1. The number of halogens is 2. The van der Waals surface area contributed by atoms with Crippen molar-refractivity contribution in [3.63, 3.8) is 0 Å². The molecule has 0 saturated carbocycles. The third-order valence-electron chi connectivity index (χ3n) is 3.46. The number of amides is 1. The molecule has 0 aliphatic carbocycles. The number of rotatable bonds is 5. The zero-order valence-corrected chi connectivity index (χ0v) is 15.9. The summed E-state index contributed by atoms with van der Waals surface area (Å²) in [6.07, 6.45) is 1.28. The van der Waals surface area contributed by atoms with Crippen molar-refractivity contribution in [3.05, 3.63) is 72.0 Å². The van der Waals surface area contributed by atoms with Crippen LogP contribution in [0, 0.1) is 6.92 Å². The van der Waals surface area contributed by atoms with Crippen molar-refractivity contribution in [1.29, 1.82) is 0 Å². The highest BCUT2D eigenvalue weighted by Crippen LogP contribution is 2.16. The van der Waals surface area contributed by atoms with Crippen molar-refractivity contribution in [1.82, 2.24) is 25.3 Å². The van der Waals surface area contributed by atoms with Crippen molar-refractivity contribution < 1.29 is 4.79 Å². The number of carbonyl (C=O) groups excluding carboxylic acids is 1. The van der Waals surface area contributed by atoms with Gasteiger partial charge in [0, 0.05) is 6.54 Å². The van der Waals surface area contributed by atoms with E-state index in [2.05, 4.69) is 20.6 Å². The molecule has 10 heteroatoms. The molecule has 0 unspecified atom stereocenters. The van der Waals surface area contributed by atoms with Gasteiger partial charge in [-0.25, -0.2) is 4.68 Å². The maximum Gasteiger partial charge on any atom is 0.287 e. The van der Waals surface area contributed by atoms with Crippen molar-refractivity contribution in [2.45, 2.75) is 20.0 Å². The van der Waals surface area contributed by atoms with Gasteiger partial charge in [-0.05, 0) is 12.5 Å². The number of nitrogens with zero attached hydrogens (tertiary/aromatic N) is 4. The summed E-state index contributed by atoms with van der Waals surface area (Å²) >= 11 is 12.6. The van der Waals surface area contributed by atoms with Crippen LogP contribution in [0.15, 0.2) is 35.3 Å². The zero-order valence-electron chi connectivity index (χ0n) is 13.6. The number of hydrogen-bond acceptors (Lipinski definition) is 6. The number of carbonyl (C=O) groups is 1. The first-order valence-electron chi connectivity index (χ1n) is 7.51. The van der Waals surface area contributed by atoms with Crippen LogP contribution in [0.3, 0.4) is 0 Å². The van der Waals surface area contributed by atoms with E-state index < -0.39 is 5.56 Å². The lowest BCUT2D eigenvalue weighted by atomic mass is 10.1. The molecule has 0 radical (unpaired) electrons. The largest absolute Gasteiger partial charge is 0.346 e. The second-order valence-electron chi connectivity index (χ2n) is 5.44. The molecule has 26 heavy (non-hydrogen) atoms. The topological polar surface area (TPSA) is 89.8 Å². The molecule has 1 amide bonds. The first-order chi connectivity index (χ1) is 12.4. The van der Waals surface area contributed by atoms with Crippen LogP contribution in [0.2, 0.25) is 10.0 Å². The molecular weight excluding hydrogens is 397 g/mol. The first-order valence-corrected chi connectivity index (χ1v) is 9.08. The highest BCUT2D eigenvalue weighted by Gasteiger charge is 2.15. The van der Waals surface area contributed by atoms with E-state index in [1.165, 1.54) is 6.20 Å². The van der Waals surface area contributed by atoms with E-state index in [-0.39, 0.29) is 27.5 Å². The first kappa shape index (κ1) is 18.5. The molecule has 0 aliphatic rings. The molecule has 0 spiro atoms. The Kier molecular flexibility index (Phi) is 5.65. The molecule has 3 aromatic rings. The van der Waals surface area contributed by atoms with Gasteiger partial charge in [0.15, 0.2) is 0 Å². The van der Waals surface area contributed by atoms with E-state index >= 15 is 0 Å².